The lowest BCUT2D eigenvalue weighted by Gasteiger charge is -2.12. The monoisotopic (exact) mass is 1040 g/mol. The van der Waals surface area contributed by atoms with Crippen molar-refractivity contribution in [2.75, 3.05) is 28.3 Å². The fraction of sp³-hybridized carbons (Fsp3) is 0.0938. The summed E-state index contributed by atoms with van der Waals surface area (Å²) in [7, 11) is -23.0. The standard InChI is InChI=1S/C12H12N2O7S2.2C7H8N2O5S.C6H6N2O5S/c1-6(15)14-8-4-10-9(12(5-8)23(19,20)21)2-7(13)3-11(10)22(16,17)18;1-4-6(8)2-5(9(10)11)3-7(4)15(12,13)14;1-4-6(9(10)11)2-5(8)3-7(4)15(12,13)14;7-5-2-1-4(8(9)10)3-6(5)14(11,12)13/h2-5H,13H2,1H3,(H,14,15)(H,16,17,18)(H,19,20,21);2*2-3H,8H2,1H3,(H,12,13,14);1-3H,7H2,(H,11,12,13). The van der Waals surface area contributed by atoms with Gasteiger partial charge in [0.1, 0.15) is 24.5 Å². The Morgan fingerprint density at radius 2 is 0.896 bits per heavy atom. The van der Waals surface area contributed by atoms with Crippen LogP contribution in [0.2, 0.25) is 0 Å². The second kappa shape index (κ2) is 20.5. The maximum atomic E-state index is 11.5. The number of nitro groups is 3. The zero-order valence-electron chi connectivity index (χ0n) is 33.7. The first-order chi connectivity index (χ1) is 30.2. The minimum absolute atomic E-state index is 0.0585. The molecule has 0 aliphatic carbocycles. The van der Waals surface area contributed by atoms with Gasteiger partial charge in [0.25, 0.3) is 67.7 Å². The molecule has 0 heterocycles. The van der Waals surface area contributed by atoms with Crippen molar-refractivity contribution in [1.29, 1.82) is 0 Å². The van der Waals surface area contributed by atoms with Gasteiger partial charge in [0.15, 0.2) is 0 Å². The Morgan fingerprint density at radius 3 is 1.33 bits per heavy atom. The van der Waals surface area contributed by atoms with Gasteiger partial charge >= 0.3 is 0 Å². The summed E-state index contributed by atoms with van der Waals surface area (Å²) >= 11 is 0. The number of benzene rings is 5. The number of nitro benzene ring substituents is 3. The molecule has 0 fully saturated rings. The first-order valence-electron chi connectivity index (χ1n) is 16.8. The Kier molecular flexibility index (Phi) is 17.1. The molecule has 0 spiro atoms. The van der Waals surface area contributed by atoms with Crippen molar-refractivity contribution >= 4 is 113 Å². The predicted molar refractivity (Wildman–Crippen MR) is 234 cm³/mol. The van der Waals surface area contributed by atoms with E-state index in [0.717, 1.165) is 67.6 Å². The third kappa shape index (κ3) is 15.2. The summed E-state index contributed by atoms with van der Waals surface area (Å²) in [6, 6.07) is 10.7. The molecule has 0 saturated heterocycles. The van der Waals surface area contributed by atoms with E-state index in [0.29, 0.717) is 6.07 Å². The number of hydrogen-bond donors (Lipinski definition) is 10. The van der Waals surface area contributed by atoms with Crippen LogP contribution in [0.4, 0.5) is 45.5 Å². The average molecular weight is 1040 g/mol. The highest BCUT2D eigenvalue weighted by Gasteiger charge is 2.25. The second-order valence-electron chi connectivity index (χ2n) is 13.0. The third-order valence-corrected chi connectivity index (χ3v) is 12.7. The summed E-state index contributed by atoms with van der Waals surface area (Å²) in [6.45, 7) is 3.73. The van der Waals surface area contributed by atoms with Crippen molar-refractivity contribution in [3.8, 4) is 0 Å². The molecule has 0 aliphatic rings. The van der Waals surface area contributed by atoms with E-state index in [2.05, 4.69) is 5.32 Å². The lowest BCUT2D eigenvalue weighted by atomic mass is 10.1. The van der Waals surface area contributed by atoms with Gasteiger partial charge in [-0.15, -0.1) is 0 Å². The summed E-state index contributed by atoms with van der Waals surface area (Å²) in [5, 5.41) is 33.1. The van der Waals surface area contributed by atoms with Crippen LogP contribution in [-0.2, 0) is 55.4 Å². The van der Waals surface area contributed by atoms with E-state index in [1.54, 1.807) is 0 Å². The number of carbonyl (C=O) groups is 1. The second-order valence-corrected chi connectivity index (χ2v) is 19.9. The molecule has 0 bridgehead atoms. The lowest BCUT2D eigenvalue weighted by molar-refractivity contribution is -0.385. The molecule has 364 valence electrons. The van der Waals surface area contributed by atoms with Crippen LogP contribution in [0, 0.1) is 44.2 Å². The SMILES string of the molecule is CC(=O)Nc1cc(S(=O)(=O)O)c2cc(N)cc(S(=O)(=O)O)c2c1.Cc1c(N)cc([N+](=O)[O-])cc1S(=O)(=O)O.Cc1c([N+](=O)[O-])cc(N)cc1S(=O)(=O)O.Nc1ccc([N+](=O)[O-])cc1S(=O)(=O)O. The number of nitrogen functional groups attached to an aromatic ring is 4. The van der Waals surface area contributed by atoms with E-state index < -0.39 is 113 Å². The van der Waals surface area contributed by atoms with E-state index in [1.165, 1.54) is 13.8 Å². The summed E-state index contributed by atoms with van der Waals surface area (Å²) in [5.41, 5.74) is 19.4. The number of hydrogen-bond acceptors (Lipinski definition) is 21. The number of nitrogens with one attached hydrogen (secondary N) is 1. The van der Waals surface area contributed by atoms with Crippen LogP contribution in [0.25, 0.3) is 10.8 Å². The van der Waals surface area contributed by atoms with Gasteiger partial charge in [0.05, 0.1) is 20.5 Å². The van der Waals surface area contributed by atoms with Crippen LogP contribution in [0.1, 0.15) is 18.1 Å². The molecule has 0 atom stereocenters. The number of nitrogens with two attached hydrogens (primary N) is 4. The molecule has 14 N–H and O–H groups in total. The number of nitrogens with zero attached hydrogens (tertiary/aromatic N) is 3. The van der Waals surface area contributed by atoms with Crippen LogP contribution in [0.3, 0.4) is 0 Å². The molecule has 0 unspecified atom stereocenters. The van der Waals surface area contributed by atoms with Crippen LogP contribution in [0.5, 0.6) is 0 Å². The van der Waals surface area contributed by atoms with E-state index >= 15 is 0 Å². The van der Waals surface area contributed by atoms with Gasteiger partial charge in [0.2, 0.25) is 5.91 Å². The molecule has 0 radical (unpaired) electrons. The normalized spacial score (nSPS) is 11.6. The van der Waals surface area contributed by atoms with E-state index in [4.69, 9.17) is 36.6 Å². The number of non-ortho nitro benzene ring substituents is 2. The third-order valence-electron chi connectivity index (χ3n) is 8.08. The predicted octanol–water partition coefficient (Wildman–Crippen LogP) is 2.76. The molecule has 0 aliphatic heterocycles. The summed E-state index contributed by atoms with van der Waals surface area (Å²) in [6.07, 6.45) is 0. The van der Waals surface area contributed by atoms with Crippen molar-refractivity contribution < 1.29 is 84.4 Å². The molecule has 67 heavy (non-hydrogen) atoms. The van der Waals surface area contributed by atoms with Crippen LogP contribution < -0.4 is 28.3 Å². The van der Waals surface area contributed by atoms with E-state index in [1.807, 2.05) is 0 Å². The molecule has 1 amide bonds. The number of carbonyl (C=O) groups excluding carboxylic acids is 1. The maximum Gasteiger partial charge on any atom is 0.296 e. The summed E-state index contributed by atoms with van der Waals surface area (Å²) in [4.78, 5) is 37.0. The summed E-state index contributed by atoms with van der Waals surface area (Å²) < 4.78 is 156. The highest BCUT2D eigenvalue weighted by molar-refractivity contribution is 7.87. The number of amides is 1. The number of anilines is 5. The van der Waals surface area contributed by atoms with Crippen LogP contribution >= 0.6 is 0 Å². The van der Waals surface area contributed by atoms with Gasteiger partial charge < -0.3 is 28.3 Å². The largest absolute Gasteiger partial charge is 0.399 e. The zero-order chi connectivity index (χ0) is 52.1. The van der Waals surface area contributed by atoms with Gasteiger partial charge in [-0.25, -0.2) is 0 Å². The van der Waals surface area contributed by atoms with Crippen molar-refractivity contribution in [1.82, 2.24) is 0 Å². The van der Waals surface area contributed by atoms with Crippen molar-refractivity contribution in [3.05, 3.63) is 108 Å². The molecular weight excluding hydrogens is 1010 g/mol. The topological polar surface area (TPSA) is 534 Å². The fourth-order valence-corrected chi connectivity index (χ4v) is 8.84. The first-order valence-corrected chi connectivity index (χ1v) is 24.0. The Labute approximate surface area is 377 Å². The van der Waals surface area contributed by atoms with Crippen LogP contribution in [0.15, 0.2) is 91.2 Å². The quantitative estimate of drug-likeness (QED) is 0.0439. The molecule has 5 aromatic rings. The Morgan fingerprint density at radius 1 is 0.493 bits per heavy atom. The van der Waals surface area contributed by atoms with Crippen molar-refractivity contribution in [3.63, 3.8) is 0 Å². The molecular formula is C32H34N8O22S5. The minimum Gasteiger partial charge on any atom is -0.399 e. The minimum atomic E-state index is -4.75. The fourth-order valence-electron chi connectivity index (χ4n) is 5.20. The summed E-state index contributed by atoms with van der Waals surface area (Å²) in [5.74, 6) is -0.547. The first kappa shape index (κ1) is 55.9. The van der Waals surface area contributed by atoms with Gasteiger partial charge in [-0.2, -0.15) is 42.1 Å². The Bertz CT molecular complexity index is 3410. The lowest BCUT2D eigenvalue weighted by Crippen LogP contribution is -2.09. The zero-order valence-corrected chi connectivity index (χ0v) is 37.8. The molecule has 0 saturated carbocycles. The number of fused-ring (bicyclic) bond motifs is 1. The van der Waals surface area contributed by atoms with Crippen molar-refractivity contribution in [2.45, 2.75) is 45.2 Å². The highest BCUT2D eigenvalue weighted by Crippen LogP contribution is 2.34. The van der Waals surface area contributed by atoms with E-state index in [9.17, 15) is 86.3 Å². The molecule has 5 rings (SSSR count). The smallest absolute Gasteiger partial charge is 0.296 e. The Balaban J connectivity index is 0.000000314. The van der Waals surface area contributed by atoms with Gasteiger partial charge in [-0.05, 0) is 55.8 Å². The van der Waals surface area contributed by atoms with Crippen LogP contribution in [-0.4, -0.2) is 85.5 Å². The highest BCUT2D eigenvalue weighted by atomic mass is 32.2. The van der Waals surface area contributed by atoms with Gasteiger partial charge in [-0.1, -0.05) is 0 Å². The Hall–Kier alpha value is -7.22. The van der Waals surface area contributed by atoms with Gasteiger partial charge in [-0.3, -0.25) is 57.9 Å². The molecule has 5 aromatic carbocycles. The maximum absolute atomic E-state index is 11.5. The molecule has 35 heteroatoms. The number of rotatable bonds is 9. The molecule has 30 nitrogen and oxygen atoms in total. The average Bonchev–Trinajstić information content (AvgIpc) is 3.14. The van der Waals surface area contributed by atoms with E-state index in [-0.39, 0.29) is 50.3 Å². The van der Waals surface area contributed by atoms with Gasteiger partial charge in [0, 0.05) is 76.3 Å². The molecule has 0 aromatic heterocycles. The van der Waals surface area contributed by atoms with Crippen molar-refractivity contribution in [2.24, 2.45) is 0 Å².